The maximum atomic E-state index is 13.5. The molecule has 1 fully saturated rings. The summed E-state index contributed by atoms with van der Waals surface area (Å²) in [4.78, 5) is 2.16. The zero-order valence-corrected chi connectivity index (χ0v) is 12.4. The molecule has 1 aromatic carbocycles. The predicted octanol–water partition coefficient (Wildman–Crippen LogP) is 3.17. The number of hydrogen-bond acceptors (Lipinski definition) is 4. The van der Waals surface area contributed by atoms with Crippen LogP contribution in [0.5, 0.6) is 0 Å². The second-order valence-corrected chi connectivity index (χ2v) is 5.42. The smallest absolute Gasteiger partial charge is 0.123 e. The molecule has 0 saturated carbocycles. The molecule has 2 aromatic rings. The lowest BCUT2D eigenvalue weighted by Gasteiger charge is -2.34. The van der Waals surface area contributed by atoms with Crippen molar-refractivity contribution in [2.24, 2.45) is 0 Å². The Labute approximate surface area is 128 Å². The van der Waals surface area contributed by atoms with Crippen LogP contribution < -0.4 is 0 Å². The largest absolute Gasteiger partial charge is 0.465 e. The molecule has 1 unspecified atom stereocenters. The second kappa shape index (κ2) is 6.30. The third kappa shape index (κ3) is 3.03. The number of halogens is 1. The third-order valence-electron chi connectivity index (χ3n) is 3.89. The molecule has 4 nitrogen and oxygen atoms in total. The van der Waals surface area contributed by atoms with Crippen molar-refractivity contribution < 1.29 is 13.5 Å². The number of morpholine rings is 1. The van der Waals surface area contributed by atoms with Gasteiger partial charge in [0.1, 0.15) is 17.3 Å². The van der Waals surface area contributed by atoms with Crippen LogP contribution in [0.4, 0.5) is 4.39 Å². The summed E-state index contributed by atoms with van der Waals surface area (Å²) in [5, 5.41) is 9.19. The Balaban J connectivity index is 1.86. The lowest BCUT2D eigenvalue weighted by Crippen LogP contribution is -2.39. The monoisotopic (exact) mass is 300 g/mol. The number of ether oxygens (including phenoxy) is 1. The van der Waals surface area contributed by atoms with E-state index in [0.717, 1.165) is 11.5 Å². The Bertz CT molecular complexity index is 705. The summed E-state index contributed by atoms with van der Waals surface area (Å²) in [7, 11) is 0. The molecule has 1 aliphatic heterocycles. The molecule has 5 heteroatoms. The van der Waals surface area contributed by atoms with E-state index >= 15 is 0 Å². The van der Waals surface area contributed by atoms with Crippen LogP contribution in [0.15, 0.2) is 34.7 Å². The minimum atomic E-state index is -0.326. The van der Waals surface area contributed by atoms with Crippen LogP contribution in [-0.2, 0) is 11.3 Å². The fraction of sp³-hybridized carbons (Fsp3) is 0.353. The average Bonchev–Trinajstić information content (AvgIpc) is 2.94. The summed E-state index contributed by atoms with van der Waals surface area (Å²) in [6, 6.07) is 10.2. The summed E-state index contributed by atoms with van der Waals surface area (Å²) in [5.74, 6) is 1.36. The van der Waals surface area contributed by atoms with Gasteiger partial charge in [-0.2, -0.15) is 5.26 Å². The molecule has 0 radical (unpaired) electrons. The third-order valence-corrected chi connectivity index (χ3v) is 3.89. The standard InChI is InChI=1S/C17H17FN2O2/c1-12-2-5-17(22-12)16-11-21-7-6-20(16)10-14-8-15(18)4-3-13(14)9-19/h2-5,8,16H,6-7,10-11H2,1H3. The molecule has 22 heavy (non-hydrogen) atoms. The van der Waals surface area contributed by atoms with E-state index in [1.54, 1.807) is 0 Å². The van der Waals surface area contributed by atoms with Gasteiger partial charge in [-0.3, -0.25) is 4.90 Å². The maximum Gasteiger partial charge on any atom is 0.123 e. The normalized spacial score (nSPS) is 19.0. The molecule has 0 spiro atoms. The molecular formula is C17H17FN2O2. The zero-order valence-electron chi connectivity index (χ0n) is 12.4. The summed E-state index contributed by atoms with van der Waals surface area (Å²) in [6.45, 7) is 4.26. The van der Waals surface area contributed by atoms with Gasteiger partial charge in [-0.05, 0) is 42.8 Å². The number of furan rings is 1. The number of nitrogens with zero attached hydrogens (tertiary/aromatic N) is 2. The number of benzene rings is 1. The van der Waals surface area contributed by atoms with E-state index in [-0.39, 0.29) is 11.9 Å². The van der Waals surface area contributed by atoms with Gasteiger partial charge in [-0.15, -0.1) is 0 Å². The van der Waals surface area contributed by atoms with Crippen LogP contribution in [0.2, 0.25) is 0 Å². The first-order valence-corrected chi connectivity index (χ1v) is 7.24. The molecule has 1 aromatic heterocycles. The SMILES string of the molecule is Cc1ccc(C2COCCN2Cc2cc(F)ccc2C#N)o1. The highest BCUT2D eigenvalue weighted by atomic mass is 19.1. The van der Waals surface area contributed by atoms with Gasteiger partial charge in [-0.25, -0.2) is 4.39 Å². The van der Waals surface area contributed by atoms with Crippen molar-refractivity contribution in [1.29, 1.82) is 5.26 Å². The maximum absolute atomic E-state index is 13.5. The van der Waals surface area contributed by atoms with E-state index in [4.69, 9.17) is 9.15 Å². The summed E-state index contributed by atoms with van der Waals surface area (Å²) >= 11 is 0. The van der Waals surface area contributed by atoms with Crippen molar-refractivity contribution in [3.8, 4) is 6.07 Å². The van der Waals surface area contributed by atoms with Gasteiger partial charge in [0, 0.05) is 13.1 Å². The van der Waals surface area contributed by atoms with Crippen molar-refractivity contribution in [3.05, 3.63) is 58.8 Å². The van der Waals surface area contributed by atoms with E-state index < -0.39 is 0 Å². The van der Waals surface area contributed by atoms with E-state index in [2.05, 4.69) is 11.0 Å². The van der Waals surface area contributed by atoms with Gasteiger partial charge < -0.3 is 9.15 Å². The molecule has 1 saturated heterocycles. The molecular weight excluding hydrogens is 283 g/mol. The summed E-state index contributed by atoms with van der Waals surface area (Å²) in [5.41, 5.74) is 1.19. The molecule has 1 aliphatic rings. The zero-order chi connectivity index (χ0) is 15.5. The highest BCUT2D eigenvalue weighted by Gasteiger charge is 2.27. The van der Waals surface area contributed by atoms with E-state index in [9.17, 15) is 9.65 Å². The van der Waals surface area contributed by atoms with E-state index in [0.29, 0.717) is 37.4 Å². The first kappa shape index (κ1) is 14.8. The highest BCUT2D eigenvalue weighted by Crippen LogP contribution is 2.28. The van der Waals surface area contributed by atoms with E-state index in [1.807, 2.05) is 19.1 Å². The number of aryl methyl sites for hydroxylation is 1. The van der Waals surface area contributed by atoms with Crippen LogP contribution in [0, 0.1) is 24.1 Å². The first-order chi connectivity index (χ1) is 10.7. The molecule has 0 N–H and O–H groups in total. The molecule has 1 atom stereocenters. The molecule has 0 bridgehead atoms. The van der Waals surface area contributed by atoms with Crippen LogP contribution in [0.3, 0.4) is 0 Å². The van der Waals surface area contributed by atoms with Gasteiger partial charge >= 0.3 is 0 Å². The van der Waals surface area contributed by atoms with Crippen molar-refractivity contribution in [1.82, 2.24) is 4.90 Å². The van der Waals surface area contributed by atoms with Gasteiger partial charge in [-0.1, -0.05) is 0 Å². The highest BCUT2D eigenvalue weighted by molar-refractivity contribution is 5.38. The lowest BCUT2D eigenvalue weighted by atomic mass is 10.1. The minimum Gasteiger partial charge on any atom is -0.465 e. The van der Waals surface area contributed by atoms with Crippen LogP contribution in [-0.4, -0.2) is 24.7 Å². The quantitative estimate of drug-likeness (QED) is 0.873. The number of hydrogen-bond donors (Lipinski definition) is 0. The van der Waals surface area contributed by atoms with Crippen molar-refractivity contribution in [2.45, 2.75) is 19.5 Å². The van der Waals surface area contributed by atoms with E-state index in [1.165, 1.54) is 18.2 Å². The molecule has 114 valence electrons. The van der Waals surface area contributed by atoms with Crippen molar-refractivity contribution in [3.63, 3.8) is 0 Å². The van der Waals surface area contributed by atoms with Gasteiger partial charge in [0.15, 0.2) is 0 Å². The first-order valence-electron chi connectivity index (χ1n) is 7.24. The van der Waals surface area contributed by atoms with Crippen LogP contribution >= 0.6 is 0 Å². The Hall–Kier alpha value is -2.16. The fourth-order valence-electron chi connectivity index (χ4n) is 2.74. The minimum absolute atomic E-state index is 0.0164. The Morgan fingerprint density at radius 3 is 2.95 bits per heavy atom. The van der Waals surface area contributed by atoms with Crippen molar-refractivity contribution >= 4 is 0 Å². The van der Waals surface area contributed by atoms with Gasteiger partial charge in [0.05, 0.1) is 30.9 Å². The molecule has 2 heterocycles. The number of rotatable bonds is 3. The topological polar surface area (TPSA) is 49.4 Å². The summed E-state index contributed by atoms with van der Waals surface area (Å²) in [6.07, 6.45) is 0. The number of nitriles is 1. The lowest BCUT2D eigenvalue weighted by molar-refractivity contribution is -0.0205. The fourth-order valence-corrected chi connectivity index (χ4v) is 2.74. The predicted molar refractivity (Wildman–Crippen MR) is 78.5 cm³/mol. The van der Waals surface area contributed by atoms with Gasteiger partial charge in [0.2, 0.25) is 0 Å². The van der Waals surface area contributed by atoms with Crippen molar-refractivity contribution in [2.75, 3.05) is 19.8 Å². The average molecular weight is 300 g/mol. The Morgan fingerprint density at radius 1 is 1.36 bits per heavy atom. The molecule has 0 amide bonds. The summed E-state index contributed by atoms with van der Waals surface area (Å²) < 4.78 is 24.8. The Morgan fingerprint density at radius 2 is 2.23 bits per heavy atom. The molecule has 0 aliphatic carbocycles. The Kier molecular flexibility index (Phi) is 4.23. The van der Waals surface area contributed by atoms with Crippen LogP contribution in [0.1, 0.15) is 28.7 Å². The second-order valence-electron chi connectivity index (χ2n) is 5.42. The van der Waals surface area contributed by atoms with Gasteiger partial charge in [0.25, 0.3) is 0 Å². The molecule has 3 rings (SSSR count). The van der Waals surface area contributed by atoms with Crippen LogP contribution in [0.25, 0.3) is 0 Å².